The summed E-state index contributed by atoms with van der Waals surface area (Å²) in [5.74, 6) is 0.658. The first-order chi connectivity index (χ1) is 12.1. The summed E-state index contributed by atoms with van der Waals surface area (Å²) >= 11 is 5.90. The number of carbonyl (C=O) groups excluding carboxylic acids is 1. The van der Waals surface area contributed by atoms with Gasteiger partial charge in [0, 0.05) is 30.2 Å². The van der Waals surface area contributed by atoms with Crippen molar-refractivity contribution in [3.63, 3.8) is 0 Å². The Bertz CT molecular complexity index is 744. The van der Waals surface area contributed by atoms with Crippen molar-refractivity contribution < 1.29 is 9.21 Å². The van der Waals surface area contributed by atoms with Crippen LogP contribution in [-0.4, -0.2) is 42.0 Å². The summed E-state index contributed by atoms with van der Waals surface area (Å²) in [5.41, 5.74) is 1.96. The number of carbonyl (C=O) groups is 1. The molecule has 0 radical (unpaired) electrons. The standard InChI is InChI=1S/C19H22ClN3O2.ClH/c20-15-3-1-14(2-4-15)18-22-16(12-25-18)11-17(24)23-9-6-19(7-10-23)5-8-21-13-19;/h1-4,12,21H,5-11,13H2;1H. The Hall–Kier alpha value is -1.56. The summed E-state index contributed by atoms with van der Waals surface area (Å²) in [7, 11) is 0. The van der Waals surface area contributed by atoms with E-state index in [0.717, 1.165) is 44.6 Å². The van der Waals surface area contributed by atoms with Gasteiger partial charge in [-0.3, -0.25) is 4.79 Å². The molecule has 0 atom stereocenters. The number of rotatable bonds is 3. The molecule has 2 saturated heterocycles. The summed E-state index contributed by atoms with van der Waals surface area (Å²) in [6.45, 7) is 3.91. The minimum Gasteiger partial charge on any atom is -0.444 e. The molecular weight excluding hydrogens is 373 g/mol. The molecule has 2 aliphatic rings. The molecule has 5 nitrogen and oxygen atoms in total. The summed E-state index contributed by atoms with van der Waals surface area (Å²) < 4.78 is 5.52. The van der Waals surface area contributed by atoms with Crippen LogP contribution >= 0.6 is 24.0 Å². The molecule has 1 N–H and O–H groups in total. The van der Waals surface area contributed by atoms with Gasteiger partial charge in [0.1, 0.15) is 6.26 Å². The number of nitrogens with zero attached hydrogens (tertiary/aromatic N) is 2. The number of hydrogen-bond acceptors (Lipinski definition) is 4. The van der Waals surface area contributed by atoms with E-state index in [1.54, 1.807) is 18.4 Å². The number of amides is 1. The maximum absolute atomic E-state index is 12.6. The van der Waals surface area contributed by atoms with E-state index in [1.807, 2.05) is 17.0 Å². The van der Waals surface area contributed by atoms with Crippen molar-refractivity contribution in [2.45, 2.75) is 25.7 Å². The maximum Gasteiger partial charge on any atom is 0.228 e. The molecule has 0 aliphatic carbocycles. The zero-order valence-corrected chi connectivity index (χ0v) is 16.1. The van der Waals surface area contributed by atoms with Gasteiger partial charge in [-0.1, -0.05) is 11.6 Å². The van der Waals surface area contributed by atoms with Gasteiger partial charge in [0.05, 0.1) is 12.1 Å². The Balaban J connectivity index is 0.00000196. The Morgan fingerprint density at radius 2 is 1.96 bits per heavy atom. The highest BCUT2D eigenvalue weighted by Crippen LogP contribution is 2.37. The fourth-order valence-corrected chi connectivity index (χ4v) is 3.96. The van der Waals surface area contributed by atoms with Gasteiger partial charge in [0.2, 0.25) is 11.8 Å². The van der Waals surface area contributed by atoms with Crippen molar-refractivity contribution in [2.24, 2.45) is 5.41 Å². The van der Waals surface area contributed by atoms with Crippen LogP contribution in [0.4, 0.5) is 0 Å². The van der Waals surface area contributed by atoms with Gasteiger partial charge in [-0.25, -0.2) is 4.98 Å². The predicted molar refractivity (Wildman–Crippen MR) is 104 cm³/mol. The zero-order chi connectivity index (χ0) is 17.3. The predicted octanol–water partition coefficient (Wildman–Crippen LogP) is 3.56. The van der Waals surface area contributed by atoms with Crippen LogP contribution in [0.15, 0.2) is 34.9 Å². The molecule has 0 bridgehead atoms. The third-order valence-corrected chi connectivity index (χ3v) is 5.74. The van der Waals surface area contributed by atoms with E-state index < -0.39 is 0 Å². The van der Waals surface area contributed by atoms with E-state index in [4.69, 9.17) is 16.0 Å². The number of benzene rings is 1. The number of nitrogens with one attached hydrogen (secondary N) is 1. The van der Waals surface area contributed by atoms with Crippen LogP contribution in [0, 0.1) is 5.41 Å². The van der Waals surface area contributed by atoms with Gasteiger partial charge in [-0.05, 0) is 55.5 Å². The van der Waals surface area contributed by atoms with Crippen molar-refractivity contribution in [1.29, 1.82) is 0 Å². The highest BCUT2D eigenvalue weighted by Gasteiger charge is 2.38. The molecule has 2 aromatic rings. The molecule has 4 rings (SSSR count). The molecule has 1 amide bonds. The van der Waals surface area contributed by atoms with E-state index in [0.29, 0.717) is 28.4 Å². The highest BCUT2D eigenvalue weighted by atomic mass is 35.5. The number of piperidine rings is 1. The van der Waals surface area contributed by atoms with Gasteiger partial charge in [0.25, 0.3) is 0 Å². The van der Waals surface area contributed by atoms with E-state index in [-0.39, 0.29) is 18.3 Å². The Morgan fingerprint density at radius 3 is 2.62 bits per heavy atom. The average molecular weight is 396 g/mol. The second-order valence-electron chi connectivity index (χ2n) is 7.14. The molecule has 2 fully saturated rings. The molecule has 1 aromatic carbocycles. The van der Waals surface area contributed by atoms with Crippen molar-refractivity contribution in [3.8, 4) is 11.5 Å². The van der Waals surface area contributed by atoms with Crippen molar-refractivity contribution in [2.75, 3.05) is 26.2 Å². The Kier molecular flexibility index (Phi) is 5.90. The topological polar surface area (TPSA) is 58.4 Å². The first kappa shape index (κ1) is 19.2. The summed E-state index contributed by atoms with van der Waals surface area (Å²) in [5, 5.41) is 4.13. The van der Waals surface area contributed by atoms with Gasteiger partial charge in [-0.2, -0.15) is 0 Å². The molecule has 3 heterocycles. The molecule has 1 aromatic heterocycles. The molecule has 7 heteroatoms. The maximum atomic E-state index is 12.6. The molecule has 1 spiro atoms. The third-order valence-electron chi connectivity index (χ3n) is 5.48. The van der Waals surface area contributed by atoms with E-state index in [9.17, 15) is 4.79 Å². The van der Waals surface area contributed by atoms with E-state index >= 15 is 0 Å². The fourth-order valence-electron chi connectivity index (χ4n) is 3.83. The normalized spacial score (nSPS) is 18.7. The minimum absolute atomic E-state index is 0. The number of hydrogen-bond donors (Lipinski definition) is 1. The number of aromatic nitrogens is 1. The van der Waals surface area contributed by atoms with Crippen LogP contribution in [0.3, 0.4) is 0 Å². The van der Waals surface area contributed by atoms with Crippen LogP contribution in [0.25, 0.3) is 11.5 Å². The SMILES string of the molecule is Cl.O=C(Cc1coc(-c2ccc(Cl)cc2)n1)N1CCC2(CCNC2)CC1. The molecule has 140 valence electrons. The first-order valence-corrected chi connectivity index (χ1v) is 9.20. The lowest BCUT2D eigenvalue weighted by molar-refractivity contribution is -0.132. The summed E-state index contributed by atoms with van der Waals surface area (Å²) in [6, 6.07) is 7.32. The number of halogens is 2. The fraction of sp³-hybridized carbons (Fsp3) is 0.474. The van der Waals surface area contributed by atoms with Gasteiger partial charge in [-0.15, -0.1) is 12.4 Å². The second kappa shape index (κ2) is 7.99. The molecular formula is C19H23Cl2N3O2. The lowest BCUT2D eigenvalue weighted by Gasteiger charge is -2.38. The molecule has 0 unspecified atom stereocenters. The van der Waals surface area contributed by atoms with Crippen LogP contribution in [0.5, 0.6) is 0 Å². The smallest absolute Gasteiger partial charge is 0.228 e. The average Bonchev–Trinajstić information content (AvgIpc) is 3.26. The second-order valence-corrected chi connectivity index (χ2v) is 7.57. The van der Waals surface area contributed by atoms with Crippen molar-refractivity contribution >= 4 is 29.9 Å². The molecule has 0 saturated carbocycles. The number of likely N-dealkylation sites (tertiary alicyclic amines) is 1. The molecule has 26 heavy (non-hydrogen) atoms. The van der Waals surface area contributed by atoms with Crippen LogP contribution in [0.2, 0.25) is 5.02 Å². The molecule has 2 aliphatic heterocycles. The quantitative estimate of drug-likeness (QED) is 0.862. The van der Waals surface area contributed by atoms with Crippen LogP contribution < -0.4 is 5.32 Å². The van der Waals surface area contributed by atoms with E-state index in [2.05, 4.69) is 10.3 Å². The van der Waals surface area contributed by atoms with Gasteiger partial charge in [0.15, 0.2) is 0 Å². The zero-order valence-electron chi connectivity index (χ0n) is 14.5. The third kappa shape index (κ3) is 4.05. The lowest BCUT2D eigenvalue weighted by Crippen LogP contribution is -2.44. The van der Waals surface area contributed by atoms with E-state index in [1.165, 1.54) is 6.42 Å². The minimum atomic E-state index is 0. The van der Waals surface area contributed by atoms with Crippen LogP contribution in [0.1, 0.15) is 25.0 Å². The monoisotopic (exact) mass is 395 g/mol. The largest absolute Gasteiger partial charge is 0.444 e. The van der Waals surface area contributed by atoms with Gasteiger partial charge < -0.3 is 14.6 Å². The highest BCUT2D eigenvalue weighted by molar-refractivity contribution is 6.30. The first-order valence-electron chi connectivity index (χ1n) is 8.82. The summed E-state index contributed by atoms with van der Waals surface area (Å²) in [4.78, 5) is 19.0. The number of oxazole rings is 1. The van der Waals surface area contributed by atoms with Crippen LogP contribution in [-0.2, 0) is 11.2 Å². The lowest BCUT2D eigenvalue weighted by atomic mass is 9.78. The summed E-state index contributed by atoms with van der Waals surface area (Å²) in [6.07, 6.45) is 5.31. The van der Waals surface area contributed by atoms with Crippen molar-refractivity contribution in [1.82, 2.24) is 15.2 Å². The Labute approximate surface area is 164 Å². The Morgan fingerprint density at radius 1 is 1.23 bits per heavy atom. The van der Waals surface area contributed by atoms with Crippen molar-refractivity contribution in [3.05, 3.63) is 41.2 Å². The van der Waals surface area contributed by atoms with Gasteiger partial charge >= 0.3 is 0 Å².